The molecule has 146 valence electrons. The predicted molar refractivity (Wildman–Crippen MR) is 105 cm³/mol. The van der Waals surface area contributed by atoms with Crippen LogP contribution in [0.2, 0.25) is 0 Å². The number of hydrogen-bond donors (Lipinski definition) is 0. The van der Waals surface area contributed by atoms with Crippen LogP contribution in [0.25, 0.3) is 10.9 Å². The molecule has 7 heteroatoms. The molecule has 3 aromatic rings. The fourth-order valence-electron chi connectivity index (χ4n) is 3.70. The highest BCUT2D eigenvalue weighted by atomic mass is 16.5. The molecular weight excluding hydrogens is 358 g/mol. The number of nitrogens with zero attached hydrogens (tertiary/aromatic N) is 3. The first-order valence-corrected chi connectivity index (χ1v) is 9.34. The van der Waals surface area contributed by atoms with Gasteiger partial charge in [-0.25, -0.2) is 0 Å². The number of aromatic nitrogens is 1. The summed E-state index contributed by atoms with van der Waals surface area (Å²) >= 11 is 0. The van der Waals surface area contributed by atoms with Crippen LogP contribution in [0, 0.1) is 0 Å². The molecule has 7 nitrogen and oxygen atoms in total. The van der Waals surface area contributed by atoms with Crippen molar-refractivity contribution < 1.29 is 18.7 Å². The minimum absolute atomic E-state index is 0.0232. The summed E-state index contributed by atoms with van der Waals surface area (Å²) in [6.07, 6.45) is 2.23. The number of fused-ring (bicyclic) bond motifs is 1. The average Bonchev–Trinajstić information content (AvgIpc) is 3.28. The Hall–Kier alpha value is -3.22. The summed E-state index contributed by atoms with van der Waals surface area (Å²) in [4.78, 5) is 29.2. The van der Waals surface area contributed by atoms with Gasteiger partial charge in [0.25, 0.3) is 11.8 Å². The summed E-state index contributed by atoms with van der Waals surface area (Å²) in [5, 5.41) is 0.967. The van der Waals surface area contributed by atoms with E-state index in [0.29, 0.717) is 37.6 Å². The number of methoxy groups -OCH3 is 1. The summed E-state index contributed by atoms with van der Waals surface area (Å²) in [5.74, 6) is 0.947. The van der Waals surface area contributed by atoms with Crippen LogP contribution in [-0.2, 0) is 7.05 Å². The third-order valence-corrected chi connectivity index (χ3v) is 5.27. The summed E-state index contributed by atoms with van der Waals surface area (Å²) in [6, 6.07) is 11.0. The highest BCUT2D eigenvalue weighted by Crippen LogP contribution is 2.25. The number of carbonyl (C=O) groups is 2. The lowest BCUT2D eigenvalue weighted by atomic mass is 10.2. The van der Waals surface area contributed by atoms with E-state index in [-0.39, 0.29) is 11.8 Å². The van der Waals surface area contributed by atoms with Crippen molar-refractivity contribution in [1.29, 1.82) is 0 Å². The van der Waals surface area contributed by atoms with E-state index in [1.165, 1.54) is 6.26 Å². The molecule has 2 amide bonds. The van der Waals surface area contributed by atoms with Crippen LogP contribution in [0.15, 0.2) is 47.1 Å². The van der Waals surface area contributed by atoms with Gasteiger partial charge in [0.15, 0.2) is 5.76 Å². The number of aryl methyl sites for hydroxylation is 1. The fraction of sp³-hybridized carbons (Fsp3) is 0.333. The highest BCUT2D eigenvalue weighted by Gasteiger charge is 2.26. The van der Waals surface area contributed by atoms with Gasteiger partial charge in [-0.3, -0.25) is 9.59 Å². The Morgan fingerprint density at radius 1 is 1.00 bits per heavy atom. The maximum atomic E-state index is 13.2. The molecule has 1 fully saturated rings. The topological polar surface area (TPSA) is 67.9 Å². The van der Waals surface area contributed by atoms with Gasteiger partial charge in [-0.1, -0.05) is 0 Å². The molecule has 0 bridgehead atoms. The van der Waals surface area contributed by atoms with Gasteiger partial charge in [-0.15, -0.1) is 0 Å². The first kappa shape index (κ1) is 18.2. The van der Waals surface area contributed by atoms with Crippen LogP contribution < -0.4 is 4.74 Å². The van der Waals surface area contributed by atoms with E-state index in [1.807, 2.05) is 40.8 Å². The summed E-state index contributed by atoms with van der Waals surface area (Å²) in [5.41, 5.74) is 1.61. The molecule has 28 heavy (non-hydrogen) atoms. The van der Waals surface area contributed by atoms with Gasteiger partial charge in [0, 0.05) is 44.1 Å². The monoisotopic (exact) mass is 381 g/mol. The average molecular weight is 381 g/mol. The quantitative estimate of drug-likeness (QED) is 0.700. The molecule has 1 aliphatic rings. The van der Waals surface area contributed by atoms with Crippen LogP contribution in [-0.4, -0.2) is 59.5 Å². The number of benzene rings is 1. The van der Waals surface area contributed by atoms with Crippen LogP contribution in [0.5, 0.6) is 5.75 Å². The van der Waals surface area contributed by atoms with Gasteiger partial charge in [0.2, 0.25) is 0 Å². The van der Waals surface area contributed by atoms with E-state index in [2.05, 4.69) is 0 Å². The molecule has 1 aliphatic heterocycles. The van der Waals surface area contributed by atoms with Crippen molar-refractivity contribution in [2.45, 2.75) is 6.42 Å². The maximum Gasteiger partial charge on any atom is 0.289 e. The fourth-order valence-corrected chi connectivity index (χ4v) is 3.70. The van der Waals surface area contributed by atoms with Gasteiger partial charge < -0.3 is 23.5 Å². The molecule has 1 aromatic carbocycles. The number of amides is 2. The van der Waals surface area contributed by atoms with Gasteiger partial charge in [0.05, 0.1) is 13.4 Å². The van der Waals surface area contributed by atoms with E-state index in [9.17, 15) is 9.59 Å². The Morgan fingerprint density at radius 3 is 2.43 bits per heavy atom. The lowest BCUT2D eigenvalue weighted by molar-refractivity contribution is 0.0697. The molecule has 0 saturated carbocycles. The van der Waals surface area contributed by atoms with E-state index in [0.717, 1.165) is 23.1 Å². The van der Waals surface area contributed by atoms with Crippen molar-refractivity contribution in [3.8, 4) is 5.75 Å². The predicted octanol–water partition coefficient (Wildman–Crippen LogP) is 2.77. The van der Waals surface area contributed by atoms with Crippen molar-refractivity contribution in [3.63, 3.8) is 0 Å². The zero-order valence-electron chi connectivity index (χ0n) is 16.1. The lowest BCUT2D eigenvalue weighted by Crippen LogP contribution is -2.37. The standard InChI is InChI=1S/C21H23N3O4/c1-22-17-7-6-16(27-2)13-15(17)14-18(22)20(25)23-8-4-9-24(11-10-23)21(26)19-5-3-12-28-19/h3,5-7,12-14H,4,8-11H2,1-2H3. The molecule has 4 rings (SSSR count). The summed E-state index contributed by atoms with van der Waals surface area (Å²) < 4.78 is 12.4. The third kappa shape index (κ3) is 3.24. The molecule has 3 heterocycles. The Labute approximate surface area is 163 Å². The zero-order valence-corrected chi connectivity index (χ0v) is 16.1. The van der Waals surface area contributed by atoms with E-state index in [4.69, 9.17) is 9.15 Å². The van der Waals surface area contributed by atoms with Crippen molar-refractivity contribution in [2.24, 2.45) is 7.05 Å². The second kappa shape index (κ2) is 7.42. The minimum Gasteiger partial charge on any atom is -0.497 e. The number of carbonyl (C=O) groups excluding carboxylic acids is 2. The van der Waals surface area contributed by atoms with Crippen molar-refractivity contribution in [2.75, 3.05) is 33.3 Å². The summed E-state index contributed by atoms with van der Waals surface area (Å²) in [6.45, 7) is 2.21. The first-order chi connectivity index (χ1) is 13.6. The Balaban J connectivity index is 1.52. The first-order valence-electron chi connectivity index (χ1n) is 9.34. The van der Waals surface area contributed by atoms with Crippen molar-refractivity contribution >= 4 is 22.7 Å². The van der Waals surface area contributed by atoms with Crippen LogP contribution in [0.3, 0.4) is 0 Å². The minimum atomic E-state index is -0.129. The van der Waals surface area contributed by atoms with Crippen molar-refractivity contribution in [1.82, 2.24) is 14.4 Å². The van der Waals surface area contributed by atoms with E-state index in [1.54, 1.807) is 24.1 Å². The lowest BCUT2D eigenvalue weighted by Gasteiger charge is -2.22. The van der Waals surface area contributed by atoms with Gasteiger partial charge in [-0.2, -0.15) is 0 Å². The Bertz CT molecular complexity index is 1010. The van der Waals surface area contributed by atoms with Crippen LogP contribution >= 0.6 is 0 Å². The second-order valence-corrected chi connectivity index (χ2v) is 6.93. The van der Waals surface area contributed by atoms with Gasteiger partial charge in [-0.05, 0) is 42.8 Å². The number of furan rings is 1. The normalized spacial score (nSPS) is 14.9. The van der Waals surface area contributed by atoms with Crippen LogP contribution in [0.1, 0.15) is 27.5 Å². The molecular formula is C21H23N3O4. The van der Waals surface area contributed by atoms with E-state index < -0.39 is 0 Å². The molecule has 0 atom stereocenters. The molecule has 0 spiro atoms. The maximum absolute atomic E-state index is 13.2. The number of rotatable bonds is 3. The Kier molecular flexibility index (Phi) is 4.81. The zero-order chi connectivity index (χ0) is 19.7. The molecule has 0 N–H and O–H groups in total. The molecule has 0 radical (unpaired) electrons. The molecule has 1 saturated heterocycles. The Morgan fingerprint density at radius 2 is 1.75 bits per heavy atom. The molecule has 0 aliphatic carbocycles. The largest absolute Gasteiger partial charge is 0.497 e. The number of hydrogen-bond acceptors (Lipinski definition) is 4. The number of ether oxygens (including phenoxy) is 1. The third-order valence-electron chi connectivity index (χ3n) is 5.27. The second-order valence-electron chi connectivity index (χ2n) is 6.93. The van der Waals surface area contributed by atoms with E-state index >= 15 is 0 Å². The van der Waals surface area contributed by atoms with Crippen molar-refractivity contribution in [3.05, 3.63) is 54.1 Å². The highest BCUT2D eigenvalue weighted by molar-refractivity contribution is 5.99. The smallest absolute Gasteiger partial charge is 0.289 e. The van der Waals surface area contributed by atoms with Gasteiger partial charge in [0.1, 0.15) is 11.4 Å². The van der Waals surface area contributed by atoms with Gasteiger partial charge >= 0.3 is 0 Å². The van der Waals surface area contributed by atoms with Crippen LogP contribution in [0.4, 0.5) is 0 Å². The summed E-state index contributed by atoms with van der Waals surface area (Å²) in [7, 11) is 3.52. The molecule has 2 aromatic heterocycles. The molecule has 0 unspecified atom stereocenters. The SMILES string of the molecule is COc1ccc2c(c1)cc(C(=O)N1CCCN(C(=O)c3ccco3)CC1)n2C.